The molecule has 5 nitrogen and oxygen atoms in total. The Hall–Kier alpha value is -1.65. The molecule has 0 fully saturated rings. The minimum absolute atomic E-state index is 0.219. The van der Waals surface area contributed by atoms with Crippen LogP contribution in [0.25, 0.3) is 0 Å². The zero-order valence-corrected chi connectivity index (χ0v) is 9.96. The molecule has 1 heterocycles. The number of rotatable bonds is 2. The Bertz CT molecular complexity index is 377. The molecular weight excluding hydrogens is 208 g/mol. The van der Waals surface area contributed by atoms with E-state index >= 15 is 0 Å². The second kappa shape index (κ2) is 4.08. The molecule has 1 rings (SSSR count). The molecule has 1 aliphatic rings. The summed E-state index contributed by atoms with van der Waals surface area (Å²) in [5.41, 5.74) is -0.000631. The van der Waals surface area contributed by atoms with Crippen molar-refractivity contribution in [2.45, 2.75) is 33.2 Å². The highest BCUT2D eigenvalue weighted by molar-refractivity contribution is 6.17. The van der Waals surface area contributed by atoms with Crippen LogP contribution in [-0.2, 0) is 14.4 Å². The van der Waals surface area contributed by atoms with Crippen LogP contribution in [0.3, 0.4) is 0 Å². The summed E-state index contributed by atoms with van der Waals surface area (Å²) in [4.78, 5) is 35.3. The standard InChI is InChI=1S/C11H16N2O3/c1-7-5-9(15)13(10(7)16)6-8(14)12-11(2,3)4/h5H,6H2,1-4H3,(H,12,14). The van der Waals surface area contributed by atoms with Crippen LogP contribution < -0.4 is 5.32 Å². The number of carbonyl (C=O) groups is 3. The van der Waals surface area contributed by atoms with Gasteiger partial charge in [-0.1, -0.05) is 0 Å². The van der Waals surface area contributed by atoms with Gasteiger partial charge in [-0.05, 0) is 27.7 Å². The number of amides is 3. The van der Waals surface area contributed by atoms with Gasteiger partial charge in [-0.2, -0.15) is 0 Å². The lowest BCUT2D eigenvalue weighted by Gasteiger charge is -2.22. The highest BCUT2D eigenvalue weighted by atomic mass is 16.2. The predicted molar refractivity (Wildman–Crippen MR) is 58.4 cm³/mol. The molecule has 1 N–H and O–H groups in total. The van der Waals surface area contributed by atoms with E-state index in [4.69, 9.17) is 0 Å². The summed E-state index contributed by atoms with van der Waals surface area (Å²) in [5.74, 6) is -1.15. The fraction of sp³-hybridized carbons (Fsp3) is 0.545. The van der Waals surface area contributed by atoms with E-state index in [0.29, 0.717) is 5.57 Å². The van der Waals surface area contributed by atoms with Gasteiger partial charge in [0.05, 0.1) is 0 Å². The molecule has 0 saturated carbocycles. The van der Waals surface area contributed by atoms with Crippen LogP contribution in [-0.4, -0.2) is 34.7 Å². The van der Waals surface area contributed by atoms with Gasteiger partial charge in [-0.3, -0.25) is 19.3 Å². The number of hydrogen-bond acceptors (Lipinski definition) is 3. The summed E-state index contributed by atoms with van der Waals surface area (Å²) >= 11 is 0. The number of imide groups is 1. The fourth-order valence-electron chi connectivity index (χ4n) is 1.39. The minimum Gasteiger partial charge on any atom is -0.350 e. The Morgan fingerprint density at radius 2 is 1.94 bits per heavy atom. The molecule has 5 heteroatoms. The Kier molecular flexibility index (Phi) is 3.16. The van der Waals surface area contributed by atoms with Crippen molar-refractivity contribution in [3.63, 3.8) is 0 Å². The van der Waals surface area contributed by atoms with E-state index in [-0.39, 0.29) is 18.0 Å². The second-order valence-electron chi connectivity index (χ2n) is 4.86. The monoisotopic (exact) mass is 224 g/mol. The molecule has 0 spiro atoms. The second-order valence-corrected chi connectivity index (χ2v) is 4.86. The molecule has 0 radical (unpaired) electrons. The summed E-state index contributed by atoms with van der Waals surface area (Å²) < 4.78 is 0. The zero-order valence-electron chi connectivity index (χ0n) is 9.96. The fourth-order valence-corrected chi connectivity index (χ4v) is 1.39. The van der Waals surface area contributed by atoms with Crippen LogP contribution in [0.2, 0.25) is 0 Å². The first-order chi connectivity index (χ1) is 7.20. The van der Waals surface area contributed by atoms with Crippen LogP contribution in [0.15, 0.2) is 11.6 Å². The topological polar surface area (TPSA) is 66.5 Å². The third-order valence-electron chi connectivity index (χ3n) is 2.00. The lowest BCUT2D eigenvalue weighted by molar-refractivity contribution is -0.141. The molecule has 0 aromatic rings. The quantitative estimate of drug-likeness (QED) is 0.682. The number of nitrogens with one attached hydrogen (secondary N) is 1. The summed E-state index contributed by atoms with van der Waals surface area (Å²) in [7, 11) is 0. The smallest absolute Gasteiger partial charge is 0.257 e. The Balaban J connectivity index is 2.60. The molecule has 16 heavy (non-hydrogen) atoms. The van der Waals surface area contributed by atoms with Crippen LogP contribution in [0.1, 0.15) is 27.7 Å². The molecule has 0 aromatic heterocycles. The molecular formula is C11H16N2O3. The van der Waals surface area contributed by atoms with Crippen molar-refractivity contribution in [2.24, 2.45) is 0 Å². The normalized spacial score (nSPS) is 16.5. The van der Waals surface area contributed by atoms with Gasteiger partial charge in [0.25, 0.3) is 11.8 Å². The van der Waals surface area contributed by atoms with E-state index in [1.807, 2.05) is 20.8 Å². The third kappa shape index (κ3) is 2.92. The molecule has 0 unspecified atom stereocenters. The number of carbonyl (C=O) groups excluding carboxylic acids is 3. The van der Waals surface area contributed by atoms with Crippen LogP contribution >= 0.6 is 0 Å². The van der Waals surface area contributed by atoms with Gasteiger partial charge in [0.2, 0.25) is 5.91 Å². The Labute approximate surface area is 94.5 Å². The number of nitrogens with zero attached hydrogens (tertiary/aromatic N) is 1. The predicted octanol–water partition coefficient (Wildman–Crippen LogP) is 0.216. The lowest BCUT2D eigenvalue weighted by Crippen LogP contribution is -2.47. The molecule has 0 atom stereocenters. The Morgan fingerprint density at radius 3 is 2.31 bits per heavy atom. The van der Waals surface area contributed by atoms with Crippen molar-refractivity contribution in [3.05, 3.63) is 11.6 Å². The van der Waals surface area contributed by atoms with Crippen LogP contribution in [0.5, 0.6) is 0 Å². The molecule has 1 aliphatic heterocycles. The molecule has 3 amide bonds. The highest BCUT2D eigenvalue weighted by Crippen LogP contribution is 2.11. The van der Waals surface area contributed by atoms with Crippen molar-refractivity contribution in [3.8, 4) is 0 Å². The van der Waals surface area contributed by atoms with E-state index in [1.165, 1.54) is 6.08 Å². The van der Waals surface area contributed by atoms with Crippen molar-refractivity contribution in [1.82, 2.24) is 10.2 Å². The zero-order chi connectivity index (χ0) is 12.5. The van der Waals surface area contributed by atoms with Gasteiger partial charge < -0.3 is 5.32 Å². The summed E-state index contributed by atoms with van der Waals surface area (Å²) in [6.45, 7) is 6.84. The first-order valence-corrected chi connectivity index (χ1v) is 5.06. The SMILES string of the molecule is CC1=CC(=O)N(CC(=O)NC(C)(C)C)C1=O. The average Bonchev–Trinajstić information content (AvgIpc) is 2.29. The van der Waals surface area contributed by atoms with Crippen molar-refractivity contribution in [1.29, 1.82) is 0 Å². The van der Waals surface area contributed by atoms with E-state index in [2.05, 4.69) is 5.32 Å². The Morgan fingerprint density at radius 1 is 1.38 bits per heavy atom. The molecule has 0 aromatic carbocycles. The molecule has 0 saturated heterocycles. The van der Waals surface area contributed by atoms with Gasteiger partial charge in [0, 0.05) is 17.2 Å². The van der Waals surface area contributed by atoms with Crippen molar-refractivity contribution >= 4 is 17.7 Å². The highest BCUT2D eigenvalue weighted by Gasteiger charge is 2.30. The largest absolute Gasteiger partial charge is 0.350 e. The maximum Gasteiger partial charge on any atom is 0.257 e. The van der Waals surface area contributed by atoms with Crippen LogP contribution in [0.4, 0.5) is 0 Å². The molecule has 88 valence electrons. The first kappa shape index (κ1) is 12.4. The van der Waals surface area contributed by atoms with Crippen LogP contribution in [0, 0.1) is 0 Å². The van der Waals surface area contributed by atoms with Gasteiger partial charge >= 0.3 is 0 Å². The van der Waals surface area contributed by atoms with Gasteiger partial charge in [-0.15, -0.1) is 0 Å². The van der Waals surface area contributed by atoms with E-state index in [1.54, 1.807) is 6.92 Å². The van der Waals surface area contributed by atoms with Gasteiger partial charge in [0.15, 0.2) is 0 Å². The van der Waals surface area contributed by atoms with E-state index in [9.17, 15) is 14.4 Å². The van der Waals surface area contributed by atoms with Crippen molar-refractivity contribution in [2.75, 3.05) is 6.54 Å². The summed E-state index contributed by atoms with van der Waals surface area (Å²) in [5, 5.41) is 2.69. The van der Waals surface area contributed by atoms with Gasteiger partial charge in [-0.25, -0.2) is 0 Å². The average molecular weight is 224 g/mol. The van der Waals surface area contributed by atoms with Gasteiger partial charge in [0.1, 0.15) is 6.54 Å². The number of hydrogen-bond donors (Lipinski definition) is 1. The first-order valence-electron chi connectivity index (χ1n) is 5.06. The minimum atomic E-state index is -0.424. The van der Waals surface area contributed by atoms with E-state index < -0.39 is 11.8 Å². The van der Waals surface area contributed by atoms with Crippen molar-refractivity contribution < 1.29 is 14.4 Å². The van der Waals surface area contributed by atoms with E-state index in [0.717, 1.165) is 4.90 Å². The molecule has 0 bridgehead atoms. The maximum atomic E-state index is 11.5. The maximum absolute atomic E-state index is 11.5. The summed E-state index contributed by atoms with van der Waals surface area (Å²) in [6.07, 6.45) is 1.24. The molecule has 0 aliphatic carbocycles. The summed E-state index contributed by atoms with van der Waals surface area (Å²) in [6, 6.07) is 0. The third-order valence-corrected chi connectivity index (χ3v) is 2.00. The lowest BCUT2D eigenvalue weighted by atomic mass is 10.1.